The Bertz CT molecular complexity index is 1100. The van der Waals surface area contributed by atoms with Gasteiger partial charge in [0.2, 0.25) is 0 Å². The van der Waals surface area contributed by atoms with Crippen molar-refractivity contribution in [2.24, 2.45) is 0 Å². The molecule has 126 valence electrons. The Kier molecular flexibility index (Phi) is 4.03. The van der Waals surface area contributed by atoms with E-state index in [9.17, 15) is 9.90 Å². The molecule has 1 amide bonds. The first-order valence-corrected chi connectivity index (χ1v) is 8.12. The van der Waals surface area contributed by atoms with E-state index in [0.29, 0.717) is 22.5 Å². The number of aromatic hydroxyl groups is 1. The van der Waals surface area contributed by atoms with Crippen molar-refractivity contribution in [2.75, 3.05) is 5.32 Å². The molecule has 0 fully saturated rings. The number of phenols is 1. The van der Waals surface area contributed by atoms with Crippen LogP contribution in [0.15, 0.2) is 79.1 Å². The maximum atomic E-state index is 12.8. The third kappa shape index (κ3) is 2.86. The minimum Gasteiger partial charge on any atom is -0.506 e. The normalized spacial score (nSPS) is 10.6. The predicted octanol–water partition coefficient (Wildman–Crippen LogP) is 4.25. The summed E-state index contributed by atoms with van der Waals surface area (Å²) in [6.45, 7) is 0. The SMILES string of the molecule is O=C(Nc1ccccc1O)c1ccccc1-c1ncnc2ccccc12. The molecule has 1 heterocycles. The fraction of sp³-hybridized carbons (Fsp3) is 0. The second kappa shape index (κ2) is 6.64. The topological polar surface area (TPSA) is 75.1 Å². The fourth-order valence-electron chi connectivity index (χ4n) is 2.88. The first kappa shape index (κ1) is 15.8. The molecule has 0 aliphatic carbocycles. The molecule has 0 atom stereocenters. The van der Waals surface area contributed by atoms with Crippen LogP contribution in [0, 0.1) is 0 Å². The first-order valence-electron chi connectivity index (χ1n) is 8.12. The summed E-state index contributed by atoms with van der Waals surface area (Å²) in [6, 6.07) is 21.6. The Morgan fingerprint density at radius 3 is 2.46 bits per heavy atom. The number of para-hydroxylation sites is 3. The lowest BCUT2D eigenvalue weighted by Gasteiger charge is -2.12. The van der Waals surface area contributed by atoms with Crippen molar-refractivity contribution < 1.29 is 9.90 Å². The molecule has 0 radical (unpaired) electrons. The zero-order valence-electron chi connectivity index (χ0n) is 13.8. The summed E-state index contributed by atoms with van der Waals surface area (Å²) in [5, 5.41) is 13.5. The third-order valence-electron chi connectivity index (χ3n) is 4.12. The van der Waals surface area contributed by atoms with Crippen LogP contribution in [-0.2, 0) is 0 Å². The number of fused-ring (bicyclic) bond motifs is 1. The van der Waals surface area contributed by atoms with Gasteiger partial charge < -0.3 is 10.4 Å². The van der Waals surface area contributed by atoms with E-state index in [1.54, 1.807) is 30.3 Å². The van der Waals surface area contributed by atoms with Gasteiger partial charge in [0.25, 0.3) is 5.91 Å². The van der Waals surface area contributed by atoms with Crippen molar-refractivity contribution in [3.63, 3.8) is 0 Å². The molecule has 3 aromatic carbocycles. The highest BCUT2D eigenvalue weighted by Gasteiger charge is 2.16. The average Bonchev–Trinajstić information content (AvgIpc) is 2.69. The standard InChI is InChI=1S/C21H15N3O2/c25-19-12-6-5-11-18(19)24-21(26)15-8-2-1-7-14(15)20-16-9-3-4-10-17(16)22-13-23-20/h1-13,25H,(H,24,26). The van der Waals surface area contributed by atoms with E-state index in [1.165, 1.54) is 12.4 Å². The maximum Gasteiger partial charge on any atom is 0.256 e. The summed E-state index contributed by atoms with van der Waals surface area (Å²) in [5.41, 5.74) is 3.05. The molecule has 0 saturated heterocycles. The highest BCUT2D eigenvalue weighted by atomic mass is 16.3. The van der Waals surface area contributed by atoms with Crippen molar-refractivity contribution in [2.45, 2.75) is 0 Å². The summed E-state index contributed by atoms with van der Waals surface area (Å²) in [6.07, 6.45) is 1.50. The van der Waals surface area contributed by atoms with Crippen molar-refractivity contribution in [1.29, 1.82) is 0 Å². The van der Waals surface area contributed by atoms with Crippen molar-refractivity contribution in [3.05, 3.63) is 84.7 Å². The zero-order chi connectivity index (χ0) is 17.9. The molecular weight excluding hydrogens is 326 g/mol. The van der Waals surface area contributed by atoms with E-state index >= 15 is 0 Å². The van der Waals surface area contributed by atoms with Gasteiger partial charge in [-0.05, 0) is 24.3 Å². The Balaban J connectivity index is 1.80. The van der Waals surface area contributed by atoms with Crippen LogP contribution in [0.1, 0.15) is 10.4 Å². The van der Waals surface area contributed by atoms with Crippen LogP contribution in [0.3, 0.4) is 0 Å². The molecule has 0 aliphatic heterocycles. The number of carbonyl (C=O) groups is 1. The van der Waals surface area contributed by atoms with E-state index in [1.807, 2.05) is 36.4 Å². The van der Waals surface area contributed by atoms with Crippen molar-refractivity contribution in [1.82, 2.24) is 9.97 Å². The highest BCUT2D eigenvalue weighted by Crippen LogP contribution is 2.29. The predicted molar refractivity (Wildman–Crippen MR) is 101 cm³/mol. The molecule has 5 nitrogen and oxygen atoms in total. The Morgan fingerprint density at radius 2 is 1.58 bits per heavy atom. The minimum atomic E-state index is -0.315. The molecule has 2 N–H and O–H groups in total. The molecule has 4 aromatic rings. The molecule has 0 spiro atoms. The molecule has 0 unspecified atom stereocenters. The highest BCUT2D eigenvalue weighted by molar-refractivity contribution is 6.10. The van der Waals surface area contributed by atoms with Gasteiger partial charge in [-0.2, -0.15) is 0 Å². The van der Waals surface area contributed by atoms with E-state index in [2.05, 4.69) is 15.3 Å². The van der Waals surface area contributed by atoms with Crippen LogP contribution < -0.4 is 5.32 Å². The van der Waals surface area contributed by atoms with Crippen LogP contribution in [0.4, 0.5) is 5.69 Å². The van der Waals surface area contributed by atoms with Gasteiger partial charge in [0.15, 0.2) is 0 Å². The van der Waals surface area contributed by atoms with Crippen LogP contribution in [-0.4, -0.2) is 21.0 Å². The number of aromatic nitrogens is 2. The number of anilines is 1. The second-order valence-electron chi connectivity index (χ2n) is 5.76. The summed E-state index contributed by atoms with van der Waals surface area (Å²) in [4.78, 5) is 21.5. The smallest absolute Gasteiger partial charge is 0.256 e. The van der Waals surface area contributed by atoms with Crippen LogP contribution in [0.2, 0.25) is 0 Å². The average molecular weight is 341 g/mol. The van der Waals surface area contributed by atoms with Crippen molar-refractivity contribution >= 4 is 22.5 Å². The van der Waals surface area contributed by atoms with Gasteiger partial charge in [-0.3, -0.25) is 4.79 Å². The zero-order valence-corrected chi connectivity index (χ0v) is 13.8. The van der Waals surface area contributed by atoms with Crippen LogP contribution in [0.5, 0.6) is 5.75 Å². The number of hydrogen-bond acceptors (Lipinski definition) is 4. The number of nitrogens with zero attached hydrogens (tertiary/aromatic N) is 2. The number of amides is 1. The van der Waals surface area contributed by atoms with E-state index in [4.69, 9.17) is 0 Å². The van der Waals surface area contributed by atoms with E-state index < -0.39 is 0 Å². The van der Waals surface area contributed by atoms with Gasteiger partial charge in [0, 0.05) is 16.5 Å². The lowest BCUT2D eigenvalue weighted by molar-refractivity contribution is 0.102. The summed E-state index contributed by atoms with van der Waals surface area (Å²) < 4.78 is 0. The molecule has 4 rings (SSSR count). The van der Waals surface area contributed by atoms with Gasteiger partial charge in [0.1, 0.15) is 12.1 Å². The van der Waals surface area contributed by atoms with Gasteiger partial charge in [-0.15, -0.1) is 0 Å². The summed E-state index contributed by atoms with van der Waals surface area (Å²) in [5.74, 6) is -0.296. The lowest BCUT2D eigenvalue weighted by atomic mass is 10.0. The Hall–Kier alpha value is -3.73. The largest absolute Gasteiger partial charge is 0.506 e. The molecule has 1 aromatic heterocycles. The van der Waals surface area contributed by atoms with Gasteiger partial charge >= 0.3 is 0 Å². The minimum absolute atomic E-state index is 0.0193. The molecule has 0 aliphatic rings. The summed E-state index contributed by atoms with van der Waals surface area (Å²) >= 11 is 0. The number of carbonyl (C=O) groups excluding carboxylic acids is 1. The van der Waals surface area contributed by atoms with Gasteiger partial charge in [0.05, 0.1) is 16.9 Å². The number of hydrogen-bond donors (Lipinski definition) is 2. The molecule has 0 saturated carbocycles. The van der Waals surface area contributed by atoms with Crippen molar-refractivity contribution in [3.8, 4) is 17.0 Å². The monoisotopic (exact) mass is 341 g/mol. The van der Waals surface area contributed by atoms with Crippen LogP contribution in [0.25, 0.3) is 22.2 Å². The number of rotatable bonds is 3. The Labute approximate surface area is 150 Å². The van der Waals surface area contributed by atoms with E-state index in [-0.39, 0.29) is 11.7 Å². The number of benzene rings is 3. The second-order valence-corrected chi connectivity index (χ2v) is 5.76. The fourth-order valence-corrected chi connectivity index (χ4v) is 2.88. The lowest BCUT2D eigenvalue weighted by Crippen LogP contribution is -2.13. The Morgan fingerprint density at radius 1 is 0.846 bits per heavy atom. The molecule has 0 bridgehead atoms. The first-order chi connectivity index (χ1) is 12.7. The van der Waals surface area contributed by atoms with E-state index in [0.717, 1.165) is 10.9 Å². The molecule has 26 heavy (non-hydrogen) atoms. The maximum absolute atomic E-state index is 12.8. The quantitative estimate of drug-likeness (QED) is 0.546. The summed E-state index contributed by atoms with van der Waals surface area (Å²) in [7, 11) is 0. The van der Waals surface area contributed by atoms with Crippen LogP contribution >= 0.6 is 0 Å². The molecule has 5 heteroatoms. The number of nitrogens with one attached hydrogen (secondary N) is 1. The third-order valence-corrected chi connectivity index (χ3v) is 4.12. The number of phenolic OH excluding ortho intramolecular Hbond substituents is 1. The van der Waals surface area contributed by atoms with Gasteiger partial charge in [-0.25, -0.2) is 9.97 Å². The molecular formula is C21H15N3O2. The van der Waals surface area contributed by atoms with Gasteiger partial charge in [-0.1, -0.05) is 48.5 Å².